The average molecular weight is 387 g/mol. The molecule has 1 amide bonds. The van der Waals surface area contributed by atoms with Gasteiger partial charge in [0.2, 0.25) is 11.4 Å². The van der Waals surface area contributed by atoms with E-state index in [-0.39, 0.29) is 17.0 Å². The van der Waals surface area contributed by atoms with E-state index in [1.54, 1.807) is 74.0 Å². The Hall–Kier alpha value is -4.13. The summed E-state index contributed by atoms with van der Waals surface area (Å²) in [6, 6.07) is 18.8. The Kier molecular flexibility index (Phi) is 4.94. The van der Waals surface area contributed by atoms with Crippen LogP contribution in [0.15, 0.2) is 77.7 Å². The highest BCUT2D eigenvalue weighted by Gasteiger charge is 2.15. The van der Waals surface area contributed by atoms with Crippen molar-refractivity contribution in [2.45, 2.75) is 0 Å². The maximum absolute atomic E-state index is 12.9. The lowest BCUT2D eigenvalue weighted by molar-refractivity contribution is 0.102. The summed E-state index contributed by atoms with van der Waals surface area (Å²) in [6.45, 7) is 0. The summed E-state index contributed by atoms with van der Waals surface area (Å²) in [5.74, 6) is 1.05. The molecule has 0 unspecified atom stereocenters. The fraction of sp³-hybridized carbons (Fsp3) is 0.0455. The third kappa shape index (κ3) is 3.93. The highest BCUT2D eigenvalue weighted by atomic mass is 16.5. The molecular weight excluding hydrogens is 370 g/mol. The molecule has 4 rings (SSSR count). The molecule has 2 aromatic carbocycles. The molecule has 7 heteroatoms. The van der Waals surface area contributed by atoms with Crippen LogP contribution in [0, 0.1) is 0 Å². The number of carbonyl (C=O) groups is 1. The number of nitrogens with zero attached hydrogens (tertiary/aromatic N) is 1. The van der Waals surface area contributed by atoms with Crippen LogP contribution in [0.4, 0.5) is 5.69 Å². The predicted molar refractivity (Wildman–Crippen MR) is 110 cm³/mol. The number of rotatable bonds is 5. The van der Waals surface area contributed by atoms with Crippen molar-refractivity contribution in [3.63, 3.8) is 0 Å². The molecule has 0 aliphatic carbocycles. The normalized spacial score (nSPS) is 10.5. The van der Waals surface area contributed by atoms with Gasteiger partial charge in [0, 0.05) is 23.2 Å². The van der Waals surface area contributed by atoms with Gasteiger partial charge in [-0.3, -0.25) is 9.59 Å². The van der Waals surface area contributed by atoms with E-state index >= 15 is 0 Å². The largest absolute Gasteiger partial charge is 0.497 e. The standard InChI is InChI=1S/C22H17N3O4/c1-28-14-8-10-15(11-9-14)29-22-19(7-4-12-23-22)25-21(27)17-13-20(26)24-18-6-3-2-5-16(17)18/h2-13H,1H3,(H,24,26)(H,25,27). The average Bonchev–Trinajstić information content (AvgIpc) is 2.75. The van der Waals surface area contributed by atoms with E-state index in [0.29, 0.717) is 28.1 Å². The topological polar surface area (TPSA) is 93.3 Å². The van der Waals surface area contributed by atoms with Crippen LogP contribution in [0.25, 0.3) is 10.9 Å². The van der Waals surface area contributed by atoms with Gasteiger partial charge in [0.25, 0.3) is 5.91 Å². The molecule has 0 atom stereocenters. The molecule has 4 aromatic rings. The molecular formula is C22H17N3O4. The van der Waals surface area contributed by atoms with Crippen LogP contribution < -0.4 is 20.3 Å². The first kappa shape index (κ1) is 18.2. The Bertz CT molecular complexity index is 1230. The summed E-state index contributed by atoms with van der Waals surface area (Å²) >= 11 is 0. The summed E-state index contributed by atoms with van der Waals surface area (Å²) in [7, 11) is 1.58. The van der Waals surface area contributed by atoms with Crippen LogP contribution in [0.3, 0.4) is 0 Å². The molecule has 0 saturated carbocycles. The molecule has 2 heterocycles. The van der Waals surface area contributed by atoms with Crippen LogP contribution in [-0.2, 0) is 0 Å². The molecule has 2 aromatic heterocycles. The van der Waals surface area contributed by atoms with E-state index in [2.05, 4.69) is 15.3 Å². The van der Waals surface area contributed by atoms with Crippen molar-refractivity contribution < 1.29 is 14.3 Å². The number of anilines is 1. The number of fused-ring (bicyclic) bond motifs is 1. The third-order valence-electron chi connectivity index (χ3n) is 4.29. The van der Waals surface area contributed by atoms with Gasteiger partial charge in [-0.25, -0.2) is 4.98 Å². The van der Waals surface area contributed by atoms with E-state index in [9.17, 15) is 9.59 Å². The Morgan fingerprint density at radius 1 is 1.00 bits per heavy atom. The lowest BCUT2D eigenvalue weighted by atomic mass is 10.1. The summed E-state index contributed by atoms with van der Waals surface area (Å²) in [5.41, 5.74) is 0.891. The van der Waals surface area contributed by atoms with Crippen LogP contribution in [-0.4, -0.2) is 23.0 Å². The van der Waals surface area contributed by atoms with Crippen molar-refractivity contribution >= 4 is 22.5 Å². The van der Waals surface area contributed by atoms with Crippen molar-refractivity contribution in [1.29, 1.82) is 0 Å². The number of para-hydroxylation sites is 1. The van der Waals surface area contributed by atoms with E-state index in [0.717, 1.165) is 0 Å². The zero-order valence-corrected chi connectivity index (χ0v) is 15.5. The monoisotopic (exact) mass is 387 g/mol. The lowest BCUT2D eigenvalue weighted by Gasteiger charge is -2.12. The van der Waals surface area contributed by atoms with Crippen LogP contribution >= 0.6 is 0 Å². The number of methoxy groups -OCH3 is 1. The maximum Gasteiger partial charge on any atom is 0.256 e. The van der Waals surface area contributed by atoms with Gasteiger partial charge in [0.1, 0.15) is 17.2 Å². The van der Waals surface area contributed by atoms with E-state index < -0.39 is 5.91 Å². The van der Waals surface area contributed by atoms with Gasteiger partial charge >= 0.3 is 0 Å². The molecule has 0 radical (unpaired) electrons. The number of pyridine rings is 2. The number of aromatic amines is 1. The fourth-order valence-corrected chi connectivity index (χ4v) is 2.90. The Balaban J connectivity index is 1.63. The number of ether oxygens (including phenoxy) is 2. The molecule has 7 nitrogen and oxygen atoms in total. The van der Waals surface area contributed by atoms with Crippen LogP contribution in [0.5, 0.6) is 17.4 Å². The number of nitrogens with one attached hydrogen (secondary N) is 2. The molecule has 0 aliphatic rings. The summed E-state index contributed by atoms with van der Waals surface area (Å²) < 4.78 is 10.9. The molecule has 144 valence electrons. The molecule has 0 saturated heterocycles. The number of amides is 1. The number of hydrogen-bond acceptors (Lipinski definition) is 5. The first-order valence-electron chi connectivity index (χ1n) is 8.84. The lowest BCUT2D eigenvalue weighted by Crippen LogP contribution is -2.17. The zero-order chi connectivity index (χ0) is 20.2. The zero-order valence-electron chi connectivity index (χ0n) is 15.5. The minimum absolute atomic E-state index is 0.236. The highest BCUT2D eigenvalue weighted by Crippen LogP contribution is 2.28. The molecule has 0 spiro atoms. The van der Waals surface area contributed by atoms with Crippen molar-refractivity contribution in [2.24, 2.45) is 0 Å². The highest BCUT2D eigenvalue weighted by molar-refractivity contribution is 6.12. The van der Waals surface area contributed by atoms with Crippen molar-refractivity contribution in [3.8, 4) is 17.4 Å². The van der Waals surface area contributed by atoms with Crippen molar-refractivity contribution in [2.75, 3.05) is 12.4 Å². The Morgan fingerprint density at radius 3 is 2.55 bits per heavy atom. The second kappa shape index (κ2) is 7.85. The van der Waals surface area contributed by atoms with E-state index in [1.165, 1.54) is 6.07 Å². The molecule has 0 bridgehead atoms. The quantitative estimate of drug-likeness (QED) is 0.540. The minimum atomic E-state index is -0.431. The minimum Gasteiger partial charge on any atom is -0.497 e. The smallest absolute Gasteiger partial charge is 0.256 e. The van der Waals surface area contributed by atoms with Crippen LogP contribution in [0.1, 0.15) is 10.4 Å². The fourth-order valence-electron chi connectivity index (χ4n) is 2.90. The number of aromatic nitrogens is 2. The number of carbonyl (C=O) groups excluding carboxylic acids is 1. The molecule has 0 aliphatic heterocycles. The second-order valence-electron chi connectivity index (χ2n) is 6.18. The first-order chi connectivity index (χ1) is 14.1. The van der Waals surface area contributed by atoms with E-state index in [1.807, 2.05) is 0 Å². The Labute approximate surface area is 165 Å². The van der Waals surface area contributed by atoms with E-state index in [4.69, 9.17) is 9.47 Å². The van der Waals surface area contributed by atoms with Gasteiger partial charge in [0.05, 0.1) is 12.7 Å². The predicted octanol–water partition coefficient (Wildman–Crippen LogP) is 3.98. The van der Waals surface area contributed by atoms with Gasteiger partial charge in [0.15, 0.2) is 0 Å². The maximum atomic E-state index is 12.9. The summed E-state index contributed by atoms with van der Waals surface area (Å²) in [5, 5.41) is 3.43. The molecule has 29 heavy (non-hydrogen) atoms. The SMILES string of the molecule is COc1ccc(Oc2ncccc2NC(=O)c2cc(=O)[nH]c3ccccc23)cc1. The van der Waals surface area contributed by atoms with Gasteiger partial charge in [-0.2, -0.15) is 0 Å². The van der Waals surface area contributed by atoms with Gasteiger partial charge in [-0.15, -0.1) is 0 Å². The number of hydrogen-bond donors (Lipinski definition) is 2. The van der Waals surface area contributed by atoms with Crippen molar-refractivity contribution in [3.05, 3.63) is 88.8 Å². The number of benzene rings is 2. The molecule has 2 N–H and O–H groups in total. The summed E-state index contributed by atoms with van der Waals surface area (Å²) in [4.78, 5) is 31.8. The van der Waals surface area contributed by atoms with Crippen molar-refractivity contribution in [1.82, 2.24) is 9.97 Å². The third-order valence-corrected chi connectivity index (χ3v) is 4.29. The van der Waals surface area contributed by atoms with Gasteiger partial charge < -0.3 is 19.8 Å². The molecule has 0 fully saturated rings. The second-order valence-corrected chi connectivity index (χ2v) is 6.18. The van der Waals surface area contributed by atoms with Gasteiger partial charge in [-0.1, -0.05) is 18.2 Å². The summed E-state index contributed by atoms with van der Waals surface area (Å²) in [6.07, 6.45) is 1.57. The van der Waals surface area contributed by atoms with Crippen LogP contribution in [0.2, 0.25) is 0 Å². The number of H-pyrrole nitrogens is 1. The van der Waals surface area contributed by atoms with Gasteiger partial charge in [-0.05, 0) is 42.5 Å². The Morgan fingerprint density at radius 2 is 1.76 bits per heavy atom. The first-order valence-corrected chi connectivity index (χ1v) is 8.84.